The number of rotatable bonds is 7. The minimum Gasteiger partial charge on any atom is -0.449 e. The fourth-order valence-electron chi connectivity index (χ4n) is 3.37. The lowest BCUT2D eigenvalue weighted by molar-refractivity contribution is -0.289. The Bertz CT molecular complexity index is 1300. The number of ether oxygens (including phenoxy) is 1. The van der Waals surface area contributed by atoms with E-state index in [9.17, 15) is 66.7 Å². The highest BCUT2D eigenvalue weighted by atomic mass is 19.4. The van der Waals surface area contributed by atoms with Crippen LogP contribution in [0.4, 0.5) is 57.1 Å². The van der Waals surface area contributed by atoms with Crippen LogP contribution in [0.2, 0.25) is 0 Å². The number of hydrogen-bond donors (Lipinski definition) is 1. The van der Waals surface area contributed by atoms with Crippen molar-refractivity contribution in [2.75, 3.05) is 20.7 Å². The SMILES string of the molecule is CNCc1ccc(C(F)(F)C(F)(F)F)cc1C.Cc1cc(C(F)(F)C(F)(F)F)ccc1CN(C)C(=O)C(=O)OCC(F)(F)F. The molecule has 2 rings (SSSR count). The van der Waals surface area contributed by atoms with E-state index in [4.69, 9.17) is 0 Å². The molecule has 2 aromatic carbocycles. The minimum absolute atomic E-state index is 0.0419. The van der Waals surface area contributed by atoms with Crippen LogP contribution in [0.25, 0.3) is 0 Å². The zero-order valence-corrected chi connectivity index (χ0v) is 23.2. The van der Waals surface area contributed by atoms with Crippen LogP contribution in [0, 0.1) is 13.8 Å². The van der Waals surface area contributed by atoms with Gasteiger partial charge in [0.15, 0.2) is 6.61 Å². The van der Waals surface area contributed by atoms with Crippen LogP contribution in [-0.4, -0.2) is 56.0 Å². The van der Waals surface area contributed by atoms with Crippen molar-refractivity contribution in [1.29, 1.82) is 0 Å². The van der Waals surface area contributed by atoms with E-state index in [1.165, 1.54) is 19.9 Å². The fourth-order valence-corrected chi connectivity index (χ4v) is 3.37. The molecule has 0 fully saturated rings. The van der Waals surface area contributed by atoms with Crippen molar-refractivity contribution in [2.45, 2.75) is 57.3 Å². The molecule has 0 aliphatic rings. The summed E-state index contributed by atoms with van der Waals surface area (Å²) in [4.78, 5) is 23.6. The first-order chi connectivity index (χ1) is 19.8. The molecule has 0 aliphatic heterocycles. The molecule has 0 saturated carbocycles. The Labute approximate surface area is 242 Å². The Balaban J connectivity index is 0.000000488. The summed E-state index contributed by atoms with van der Waals surface area (Å²) < 4.78 is 166. The largest absolute Gasteiger partial charge is 0.458 e. The van der Waals surface area contributed by atoms with E-state index >= 15 is 0 Å². The molecule has 0 radical (unpaired) electrons. The average molecular weight is 660 g/mol. The molecule has 1 N–H and O–H groups in total. The highest BCUT2D eigenvalue weighted by Gasteiger charge is 2.59. The maximum Gasteiger partial charge on any atom is 0.458 e. The van der Waals surface area contributed by atoms with Gasteiger partial charge in [-0.15, -0.1) is 0 Å². The summed E-state index contributed by atoms with van der Waals surface area (Å²) in [5, 5.41) is 2.80. The Kier molecular flexibility index (Phi) is 12.3. The van der Waals surface area contributed by atoms with Crippen LogP contribution in [0.15, 0.2) is 36.4 Å². The third-order valence-electron chi connectivity index (χ3n) is 5.79. The van der Waals surface area contributed by atoms with E-state index < -0.39 is 66.5 Å². The van der Waals surface area contributed by atoms with Crippen molar-refractivity contribution in [3.8, 4) is 0 Å². The number of aryl methyl sites for hydroxylation is 2. The standard InChI is InChI=1S/C15H13F8NO3.C11H12F5N/c1-8-5-10(14(19,20)15(21,22)23)4-3-9(8)6-24(2)11(25)12(26)27-7-13(16,17)18;1-7-5-9(4-3-8(7)6-17-2)10(12,13)11(14,15)16/h3-5H,6-7H2,1-2H3;3-5,17H,6H2,1-2H3. The second kappa shape index (κ2) is 14.0. The highest BCUT2D eigenvalue weighted by molar-refractivity contribution is 6.32. The molecule has 1 amide bonds. The predicted octanol–water partition coefficient (Wildman–Crippen LogP) is 7.08. The van der Waals surface area contributed by atoms with E-state index in [2.05, 4.69) is 10.1 Å². The van der Waals surface area contributed by atoms with E-state index in [-0.39, 0.29) is 11.1 Å². The second-order valence-electron chi connectivity index (χ2n) is 9.31. The number of nitrogens with zero attached hydrogens (tertiary/aromatic N) is 1. The predicted molar refractivity (Wildman–Crippen MR) is 129 cm³/mol. The Morgan fingerprint density at radius 3 is 1.48 bits per heavy atom. The Morgan fingerprint density at radius 1 is 0.727 bits per heavy atom. The number of likely N-dealkylation sites (N-methyl/N-ethyl adjacent to an activating group) is 1. The van der Waals surface area contributed by atoms with Gasteiger partial charge in [0.25, 0.3) is 0 Å². The molecule has 0 heterocycles. The number of carbonyl (C=O) groups excluding carboxylic acids is 2. The number of alkyl halides is 13. The number of esters is 1. The van der Waals surface area contributed by atoms with E-state index in [1.807, 2.05) is 0 Å². The summed E-state index contributed by atoms with van der Waals surface area (Å²) in [7, 11) is 2.69. The zero-order valence-electron chi connectivity index (χ0n) is 23.2. The summed E-state index contributed by atoms with van der Waals surface area (Å²) >= 11 is 0. The van der Waals surface area contributed by atoms with E-state index in [0.717, 1.165) is 25.2 Å². The quantitative estimate of drug-likeness (QED) is 0.196. The van der Waals surface area contributed by atoms with Crippen LogP contribution < -0.4 is 5.32 Å². The molecule has 0 spiro atoms. The molecular formula is C26H25F13N2O3. The monoisotopic (exact) mass is 660 g/mol. The summed E-state index contributed by atoms with van der Waals surface area (Å²) in [6.45, 7) is 0.729. The third kappa shape index (κ3) is 9.99. The van der Waals surface area contributed by atoms with Crippen molar-refractivity contribution in [1.82, 2.24) is 10.2 Å². The molecule has 248 valence electrons. The second-order valence-corrected chi connectivity index (χ2v) is 9.31. The molecule has 0 bridgehead atoms. The summed E-state index contributed by atoms with van der Waals surface area (Å²) in [5.41, 5.74) is -1.18. The third-order valence-corrected chi connectivity index (χ3v) is 5.79. The van der Waals surface area contributed by atoms with Crippen molar-refractivity contribution >= 4 is 11.9 Å². The zero-order chi connectivity index (χ0) is 34.5. The molecule has 0 atom stereocenters. The van der Waals surface area contributed by atoms with Gasteiger partial charge in [-0.25, -0.2) is 4.79 Å². The van der Waals surface area contributed by atoms with Crippen molar-refractivity contribution < 1.29 is 71.4 Å². The first-order valence-electron chi connectivity index (χ1n) is 12.0. The normalized spacial score (nSPS) is 12.8. The van der Waals surface area contributed by atoms with Crippen molar-refractivity contribution in [2.24, 2.45) is 0 Å². The van der Waals surface area contributed by atoms with Gasteiger partial charge in [-0.3, -0.25) is 4.79 Å². The van der Waals surface area contributed by atoms with Crippen LogP contribution in [0.3, 0.4) is 0 Å². The van der Waals surface area contributed by atoms with Gasteiger partial charge in [-0.2, -0.15) is 57.1 Å². The molecule has 0 aliphatic carbocycles. The number of hydrogen-bond acceptors (Lipinski definition) is 4. The van der Waals surface area contributed by atoms with Crippen LogP contribution in [0.5, 0.6) is 0 Å². The van der Waals surface area contributed by atoms with Gasteiger partial charge in [0, 0.05) is 31.3 Å². The van der Waals surface area contributed by atoms with E-state index in [0.29, 0.717) is 34.7 Å². The van der Waals surface area contributed by atoms with Gasteiger partial charge < -0.3 is 15.0 Å². The molecule has 0 aromatic heterocycles. The van der Waals surface area contributed by atoms with Gasteiger partial charge in [0.1, 0.15) is 0 Å². The lowest BCUT2D eigenvalue weighted by Crippen LogP contribution is -2.36. The molecule has 2 aromatic rings. The maximum absolute atomic E-state index is 13.3. The summed E-state index contributed by atoms with van der Waals surface area (Å²) in [5.74, 6) is -13.1. The lowest BCUT2D eigenvalue weighted by Gasteiger charge is -2.22. The first kappa shape index (κ1) is 38.5. The molecule has 0 unspecified atom stereocenters. The van der Waals surface area contributed by atoms with Gasteiger partial charge in [-0.05, 0) is 55.3 Å². The summed E-state index contributed by atoms with van der Waals surface area (Å²) in [6.07, 6.45) is -16.2. The van der Waals surface area contributed by atoms with Crippen LogP contribution in [-0.2, 0) is 39.3 Å². The molecule has 44 heavy (non-hydrogen) atoms. The number of carbonyl (C=O) groups is 2. The van der Waals surface area contributed by atoms with Crippen LogP contribution in [0.1, 0.15) is 33.4 Å². The molecule has 5 nitrogen and oxygen atoms in total. The Hall–Kier alpha value is -3.57. The Morgan fingerprint density at radius 2 is 1.14 bits per heavy atom. The highest BCUT2D eigenvalue weighted by Crippen LogP contribution is 2.45. The lowest BCUT2D eigenvalue weighted by atomic mass is 10.0. The average Bonchev–Trinajstić information content (AvgIpc) is 2.87. The van der Waals surface area contributed by atoms with Gasteiger partial charge in [0.05, 0.1) is 0 Å². The van der Waals surface area contributed by atoms with Crippen molar-refractivity contribution in [3.05, 3.63) is 69.8 Å². The minimum atomic E-state index is -5.80. The number of benzene rings is 2. The molecular weight excluding hydrogens is 635 g/mol. The number of halogens is 13. The summed E-state index contributed by atoms with van der Waals surface area (Å²) in [6, 6.07) is 4.95. The van der Waals surface area contributed by atoms with Gasteiger partial charge >= 0.3 is 42.3 Å². The van der Waals surface area contributed by atoms with Crippen LogP contribution >= 0.6 is 0 Å². The van der Waals surface area contributed by atoms with Crippen molar-refractivity contribution in [3.63, 3.8) is 0 Å². The maximum atomic E-state index is 13.3. The smallest absolute Gasteiger partial charge is 0.449 e. The fraction of sp³-hybridized carbons (Fsp3) is 0.462. The number of nitrogens with one attached hydrogen (secondary N) is 1. The van der Waals surface area contributed by atoms with Gasteiger partial charge in [-0.1, -0.05) is 24.3 Å². The molecule has 18 heteroatoms. The topological polar surface area (TPSA) is 58.6 Å². The van der Waals surface area contributed by atoms with E-state index in [1.54, 1.807) is 7.05 Å². The van der Waals surface area contributed by atoms with Gasteiger partial charge in [0.2, 0.25) is 0 Å². The number of amides is 1. The first-order valence-corrected chi connectivity index (χ1v) is 12.0. The molecule has 0 saturated heterocycles.